The molecule has 0 atom stereocenters. The van der Waals surface area contributed by atoms with E-state index < -0.39 is 9.84 Å². The summed E-state index contributed by atoms with van der Waals surface area (Å²) in [6.07, 6.45) is 4.42. The van der Waals surface area contributed by atoms with Crippen LogP contribution in [0.4, 0.5) is 0 Å². The zero-order valence-electron chi connectivity index (χ0n) is 8.76. The van der Waals surface area contributed by atoms with Crippen molar-refractivity contribution in [2.24, 2.45) is 0 Å². The molecule has 0 saturated carbocycles. The minimum atomic E-state index is -2.84. The van der Waals surface area contributed by atoms with Crippen LogP contribution < -0.4 is 0 Å². The molecule has 0 aromatic carbocycles. The van der Waals surface area contributed by atoms with Crippen LogP contribution in [-0.2, 0) is 9.84 Å². The number of rotatable bonds is 1. The van der Waals surface area contributed by atoms with Gasteiger partial charge in [-0.05, 0) is 30.4 Å². The molecule has 4 nitrogen and oxygen atoms in total. The van der Waals surface area contributed by atoms with Crippen molar-refractivity contribution in [1.82, 2.24) is 4.98 Å². The van der Waals surface area contributed by atoms with Gasteiger partial charge in [-0.2, -0.15) is 5.26 Å². The van der Waals surface area contributed by atoms with Gasteiger partial charge >= 0.3 is 0 Å². The van der Waals surface area contributed by atoms with Gasteiger partial charge in [-0.25, -0.2) is 8.42 Å². The highest BCUT2D eigenvalue weighted by atomic mass is 32.2. The van der Waals surface area contributed by atoms with E-state index in [1.807, 2.05) is 6.07 Å². The van der Waals surface area contributed by atoms with Crippen LogP contribution in [-0.4, -0.2) is 24.9 Å². The Morgan fingerprint density at radius 1 is 1.38 bits per heavy atom. The van der Waals surface area contributed by atoms with E-state index in [2.05, 4.69) is 11.1 Å². The van der Waals surface area contributed by atoms with E-state index in [1.54, 1.807) is 12.4 Å². The van der Waals surface area contributed by atoms with Crippen molar-refractivity contribution in [3.05, 3.63) is 29.6 Å². The van der Waals surface area contributed by atoms with E-state index >= 15 is 0 Å². The molecule has 1 aliphatic rings. The average molecular weight is 236 g/mol. The first-order chi connectivity index (χ1) is 7.62. The lowest BCUT2D eigenvalue weighted by Gasteiger charge is -2.22. The highest BCUT2D eigenvalue weighted by Crippen LogP contribution is 2.30. The summed E-state index contributed by atoms with van der Waals surface area (Å²) < 4.78 is 22.6. The predicted octanol–water partition coefficient (Wildman–Crippen LogP) is 1.25. The van der Waals surface area contributed by atoms with Gasteiger partial charge in [0, 0.05) is 12.4 Å². The van der Waals surface area contributed by atoms with Gasteiger partial charge in [-0.3, -0.25) is 4.98 Å². The molecule has 84 valence electrons. The number of nitriles is 1. The third-order valence-corrected chi connectivity index (χ3v) is 4.69. The third-order valence-electron chi connectivity index (χ3n) is 2.97. The van der Waals surface area contributed by atoms with E-state index in [0.29, 0.717) is 18.4 Å². The molecule has 1 fully saturated rings. The quantitative estimate of drug-likeness (QED) is 0.735. The van der Waals surface area contributed by atoms with Gasteiger partial charge in [0.2, 0.25) is 0 Å². The molecular weight excluding hydrogens is 224 g/mol. The van der Waals surface area contributed by atoms with Crippen LogP contribution in [0.1, 0.15) is 29.9 Å². The van der Waals surface area contributed by atoms with Gasteiger partial charge in [0.05, 0.1) is 17.1 Å². The van der Waals surface area contributed by atoms with Crippen molar-refractivity contribution in [2.45, 2.75) is 18.8 Å². The fraction of sp³-hybridized carbons (Fsp3) is 0.455. The first-order valence-corrected chi connectivity index (χ1v) is 6.99. The Hall–Kier alpha value is -1.41. The second kappa shape index (κ2) is 4.22. The average Bonchev–Trinajstić information content (AvgIpc) is 2.29. The van der Waals surface area contributed by atoms with Crippen LogP contribution in [0, 0.1) is 11.3 Å². The minimum absolute atomic E-state index is 0.182. The second-order valence-corrected chi connectivity index (χ2v) is 6.30. The standard InChI is InChI=1S/C11H12N2O2S/c12-7-10-8-13-4-1-11(10)9-2-5-16(14,15)6-3-9/h1,4,8-9H,2-3,5-6H2. The van der Waals surface area contributed by atoms with Gasteiger partial charge < -0.3 is 0 Å². The normalized spacial score (nSPS) is 20.2. The molecule has 0 radical (unpaired) electrons. The first-order valence-electron chi connectivity index (χ1n) is 5.17. The van der Waals surface area contributed by atoms with Crippen LogP contribution in [0.25, 0.3) is 0 Å². The van der Waals surface area contributed by atoms with Gasteiger partial charge in [-0.1, -0.05) is 0 Å². The number of hydrogen-bond acceptors (Lipinski definition) is 4. The molecule has 0 amide bonds. The van der Waals surface area contributed by atoms with Gasteiger partial charge in [0.1, 0.15) is 15.9 Å². The Kier molecular flexibility index (Phi) is 2.92. The molecule has 16 heavy (non-hydrogen) atoms. The van der Waals surface area contributed by atoms with Crippen molar-refractivity contribution in [1.29, 1.82) is 5.26 Å². The maximum atomic E-state index is 11.3. The summed E-state index contributed by atoms with van der Waals surface area (Å²) in [6, 6.07) is 3.92. The predicted molar refractivity (Wildman–Crippen MR) is 59.6 cm³/mol. The summed E-state index contributed by atoms with van der Waals surface area (Å²) in [5.74, 6) is 0.636. The van der Waals surface area contributed by atoms with E-state index in [1.165, 1.54) is 0 Å². The lowest BCUT2D eigenvalue weighted by atomic mass is 9.91. The monoisotopic (exact) mass is 236 g/mol. The number of hydrogen-bond donors (Lipinski definition) is 0. The van der Waals surface area contributed by atoms with Crippen molar-refractivity contribution < 1.29 is 8.42 Å². The summed E-state index contributed by atoms with van der Waals surface area (Å²) in [5.41, 5.74) is 1.50. The number of aromatic nitrogens is 1. The van der Waals surface area contributed by atoms with Crippen LogP contribution in [0.5, 0.6) is 0 Å². The fourth-order valence-electron chi connectivity index (χ4n) is 2.06. The molecule has 1 aliphatic heterocycles. The van der Waals surface area contributed by atoms with E-state index in [9.17, 15) is 8.42 Å². The van der Waals surface area contributed by atoms with Crippen molar-refractivity contribution in [2.75, 3.05) is 11.5 Å². The first kappa shape index (κ1) is 11.1. The number of sulfone groups is 1. The maximum Gasteiger partial charge on any atom is 0.150 e. The Labute approximate surface area is 94.9 Å². The summed E-state index contributed by atoms with van der Waals surface area (Å²) in [4.78, 5) is 3.90. The molecule has 0 aliphatic carbocycles. The lowest BCUT2D eigenvalue weighted by Crippen LogP contribution is -2.22. The van der Waals surface area contributed by atoms with Crippen molar-refractivity contribution in [3.8, 4) is 6.07 Å². The van der Waals surface area contributed by atoms with Crippen LogP contribution >= 0.6 is 0 Å². The van der Waals surface area contributed by atoms with Crippen LogP contribution in [0.3, 0.4) is 0 Å². The molecule has 5 heteroatoms. The molecular formula is C11H12N2O2S. The lowest BCUT2D eigenvalue weighted by molar-refractivity contribution is 0.549. The van der Waals surface area contributed by atoms with Crippen molar-refractivity contribution >= 4 is 9.84 Å². The highest BCUT2D eigenvalue weighted by molar-refractivity contribution is 7.91. The second-order valence-electron chi connectivity index (χ2n) is 4.00. The smallest absolute Gasteiger partial charge is 0.150 e. The highest BCUT2D eigenvalue weighted by Gasteiger charge is 2.26. The fourth-order valence-corrected chi connectivity index (χ4v) is 3.55. The van der Waals surface area contributed by atoms with Crippen LogP contribution in [0.15, 0.2) is 18.5 Å². The van der Waals surface area contributed by atoms with E-state index in [0.717, 1.165) is 5.56 Å². The van der Waals surface area contributed by atoms with Gasteiger partial charge in [0.15, 0.2) is 0 Å². The van der Waals surface area contributed by atoms with Crippen LogP contribution in [0.2, 0.25) is 0 Å². The third kappa shape index (κ3) is 2.22. The molecule has 0 bridgehead atoms. The molecule has 0 spiro atoms. The SMILES string of the molecule is N#Cc1cnccc1C1CCS(=O)(=O)CC1. The van der Waals surface area contributed by atoms with Gasteiger partial charge in [0.25, 0.3) is 0 Å². The number of pyridine rings is 1. The zero-order valence-corrected chi connectivity index (χ0v) is 9.57. The topological polar surface area (TPSA) is 70.8 Å². The summed E-state index contributed by atoms with van der Waals surface area (Å²) >= 11 is 0. The van der Waals surface area contributed by atoms with Crippen molar-refractivity contribution in [3.63, 3.8) is 0 Å². The molecule has 1 saturated heterocycles. The zero-order chi connectivity index (χ0) is 11.6. The van der Waals surface area contributed by atoms with E-state index in [4.69, 9.17) is 5.26 Å². The Bertz CT molecular complexity index is 517. The Balaban J connectivity index is 2.24. The largest absolute Gasteiger partial charge is 0.263 e. The Morgan fingerprint density at radius 2 is 2.06 bits per heavy atom. The van der Waals surface area contributed by atoms with Gasteiger partial charge in [-0.15, -0.1) is 0 Å². The molecule has 1 aromatic rings. The summed E-state index contributed by atoms with van der Waals surface area (Å²) in [6.45, 7) is 0. The number of nitrogens with zero attached hydrogens (tertiary/aromatic N) is 2. The minimum Gasteiger partial charge on any atom is -0.263 e. The molecule has 0 unspecified atom stereocenters. The summed E-state index contributed by atoms with van der Waals surface area (Å²) in [7, 11) is -2.84. The molecule has 2 rings (SSSR count). The maximum absolute atomic E-state index is 11.3. The summed E-state index contributed by atoms with van der Waals surface area (Å²) in [5, 5.41) is 8.94. The molecule has 1 aromatic heterocycles. The molecule has 0 N–H and O–H groups in total. The Morgan fingerprint density at radius 3 is 2.69 bits per heavy atom. The van der Waals surface area contributed by atoms with E-state index in [-0.39, 0.29) is 17.4 Å². The molecule has 2 heterocycles.